The zero-order valence-electron chi connectivity index (χ0n) is 16.2. The maximum absolute atomic E-state index is 13.0. The molecule has 0 bridgehead atoms. The van der Waals surface area contributed by atoms with Gasteiger partial charge < -0.3 is 18.9 Å². The van der Waals surface area contributed by atoms with E-state index in [-0.39, 0.29) is 5.91 Å². The molecule has 2 heterocycles. The predicted molar refractivity (Wildman–Crippen MR) is 102 cm³/mol. The molecule has 0 N–H and O–H groups in total. The Morgan fingerprint density at radius 3 is 2.52 bits per heavy atom. The fourth-order valence-corrected chi connectivity index (χ4v) is 4.07. The number of aromatic nitrogens is 1. The summed E-state index contributed by atoms with van der Waals surface area (Å²) in [5.74, 6) is 0.151. The highest BCUT2D eigenvalue weighted by atomic mass is 16.5. The molecule has 1 saturated carbocycles. The highest BCUT2D eigenvalue weighted by Crippen LogP contribution is 2.42. The quantitative estimate of drug-likeness (QED) is 0.756. The van der Waals surface area contributed by atoms with Gasteiger partial charge in [-0.1, -0.05) is 0 Å². The standard InChI is InChI=1S/C21H26N2O4/c1-13-19(21(25)27-14(2)20(24)22-10-4-5-11-22)17-12-16(26-3)8-9-18(17)23(13)15-6-7-15/h8-9,12,14-15H,4-7,10-11H2,1-3H3. The lowest BCUT2D eigenvalue weighted by Gasteiger charge is -2.20. The monoisotopic (exact) mass is 370 g/mol. The summed E-state index contributed by atoms with van der Waals surface area (Å²) < 4.78 is 13.2. The van der Waals surface area contributed by atoms with E-state index in [1.807, 2.05) is 25.1 Å². The van der Waals surface area contributed by atoms with Gasteiger partial charge in [0, 0.05) is 35.7 Å². The van der Waals surface area contributed by atoms with Gasteiger partial charge in [0.1, 0.15) is 5.75 Å². The zero-order valence-corrected chi connectivity index (χ0v) is 16.2. The number of carbonyl (C=O) groups excluding carboxylic acids is 2. The Morgan fingerprint density at radius 1 is 1.19 bits per heavy atom. The van der Waals surface area contributed by atoms with E-state index in [0.717, 1.165) is 55.4 Å². The maximum Gasteiger partial charge on any atom is 0.341 e. The number of ether oxygens (including phenoxy) is 2. The SMILES string of the molecule is COc1ccc2c(c1)c(C(=O)OC(C)C(=O)N1CCCC1)c(C)n2C1CC1. The van der Waals surface area contributed by atoms with Gasteiger partial charge in [0.15, 0.2) is 6.10 Å². The van der Waals surface area contributed by atoms with E-state index in [1.54, 1.807) is 18.9 Å². The molecule has 1 aliphatic heterocycles. The van der Waals surface area contributed by atoms with E-state index in [9.17, 15) is 9.59 Å². The van der Waals surface area contributed by atoms with Crippen LogP contribution < -0.4 is 4.74 Å². The highest BCUT2D eigenvalue weighted by Gasteiger charge is 2.32. The molecule has 1 aliphatic carbocycles. The lowest BCUT2D eigenvalue weighted by Crippen LogP contribution is -2.38. The van der Waals surface area contributed by atoms with E-state index in [4.69, 9.17) is 9.47 Å². The second-order valence-corrected chi connectivity index (χ2v) is 7.52. The van der Waals surface area contributed by atoms with Crippen LogP contribution in [0.3, 0.4) is 0 Å². The normalized spacial score (nSPS) is 18.0. The Bertz CT molecular complexity index is 891. The number of amides is 1. The van der Waals surface area contributed by atoms with Gasteiger partial charge in [-0.15, -0.1) is 0 Å². The topological polar surface area (TPSA) is 60.8 Å². The summed E-state index contributed by atoms with van der Waals surface area (Å²) in [5, 5.41) is 0.824. The Hall–Kier alpha value is -2.50. The molecule has 0 spiro atoms. The number of rotatable bonds is 5. The van der Waals surface area contributed by atoms with Gasteiger partial charge in [-0.25, -0.2) is 4.79 Å². The number of likely N-dealkylation sites (tertiary alicyclic amines) is 1. The van der Waals surface area contributed by atoms with Crippen molar-refractivity contribution in [2.24, 2.45) is 0 Å². The molecular formula is C21H26N2O4. The summed E-state index contributed by atoms with van der Waals surface area (Å²) in [6.07, 6.45) is 3.49. The van der Waals surface area contributed by atoms with Crippen LogP contribution in [0.1, 0.15) is 54.7 Å². The average molecular weight is 370 g/mol. The molecule has 1 atom stereocenters. The van der Waals surface area contributed by atoms with Crippen molar-refractivity contribution < 1.29 is 19.1 Å². The largest absolute Gasteiger partial charge is 0.497 e. The number of benzene rings is 1. The molecule has 27 heavy (non-hydrogen) atoms. The fourth-order valence-electron chi connectivity index (χ4n) is 4.07. The van der Waals surface area contributed by atoms with Crippen molar-refractivity contribution in [1.29, 1.82) is 0 Å². The molecule has 4 rings (SSSR count). The zero-order chi connectivity index (χ0) is 19.1. The molecule has 1 amide bonds. The van der Waals surface area contributed by atoms with Crippen LogP contribution in [0.5, 0.6) is 5.75 Å². The molecule has 1 aromatic carbocycles. The Morgan fingerprint density at radius 2 is 1.89 bits per heavy atom. The van der Waals surface area contributed by atoms with Gasteiger partial charge in [0.25, 0.3) is 5.91 Å². The van der Waals surface area contributed by atoms with Crippen molar-refractivity contribution in [2.75, 3.05) is 20.2 Å². The second kappa shape index (κ2) is 6.91. The van der Waals surface area contributed by atoms with Crippen LogP contribution in [0.25, 0.3) is 10.9 Å². The Kier molecular flexibility index (Phi) is 4.58. The van der Waals surface area contributed by atoms with Gasteiger partial charge >= 0.3 is 5.97 Å². The van der Waals surface area contributed by atoms with Crippen molar-refractivity contribution in [1.82, 2.24) is 9.47 Å². The molecule has 1 saturated heterocycles. The molecule has 1 aromatic heterocycles. The number of hydrogen-bond acceptors (Lipinski definition) is 4. The average Bonchev–Trinajstić information content (AvgIpc) is 3.24. The first-order valence-corrected chi connectivity index (χ1v) is 9.69. The van der Waals surface area contributed by atoms with Gasteiger partial charge in [0.05, 0.1) is 12.7 Å². The van der Waals surface area contributed by atoms with Crippen LogP contribution >= 0.6 is 0 Å². The van der Waals surface area contributed by atoms with Crippen molar-refractivity contribution in [3.05, 3.63) is 29.5 Å². The third-order valence-corrected chi connectivity index (χ3v) is 5.62. The summed E-state index contributed by atoms with van der Waals surface area (Å²) in [6, 6.07) is 6.22. The predicted octanol–water partition coefficient (Wildman–Crippen LogP) is 3.46. The van der Waals surface area contributed by atoms with Gasteiger partial charge in [-0.05, 0) is 57.7 Å². The summed E-state index contributed by atoms with van der Waals surface area (Å²) in [4.78, 5) is 27.3. The van der Waals surface area contributed by atoms with Gasteiger partial charge in [0.2, 0.25) is 0 Å². The molecule has 2 fully saturated rings. The van der Waals surface area contributed by atoms with Crippen molar-refractivity contribution in [3.8, 4) is 5.75 Å². The van der Waals surface area contributed by atoms with Crippen LogP contribution in [0.4, 0.5) is 0 Å². The van der Waals surface area contributed by atoms with E-state index < -0.39 is 12.1 Å². The van der Waals surface area contributed by atoms with E-state index in [2.05, 4.69) is 4.57 Å². The number of carbonyl (C=O) groups is 2. The third kappa shape index (κ3) is 3.17. The van der Waals surface area contributed by atoms with E-state index in [0.29, 0.717) is 17.4 Å². The number of hydrogen-bond donors (Lipinski definition) is 0. The minimum absolute atomic E-state index is 0.109. The first-order valence-electron chi connectivity index (χ1n) is 9.69. The highest BCUT2D eigenvalue weighted by molar-refractivity contribution is 6.07. The molecule has 2 aromatic rings. The van der Waals surface area contributed by atoms with Crippen LogP contribution in [0.15, 0.2) is 18.2 Å². The van der Waals surface area contributed by atoms with Crippen molar-refractivity contribution in [2.45, 2.75) is 51.7 Å². The first kappa shape index (κ1) is 17.9. The molecule has 0 radical (unpaired) electrons. The third-order valence-electron chi connectivity index (χ3n) is 5.62. The minimum atomic E-state index is -0.778. The van der Waals surface area contributed by atoms with Crippen LogP contribution in [0.2, 0.25) is 0 Å². The van der Waals surface area contributed by atoms with Crippen molar-refractivity contribution >= 4 is 22.8 Å². The van der Waals surface area contributed by atoms with Crippen LogP contribution in [-0.4, -0.2) is 47.6 Å². The smallest absolute Gasteiger partial charge is 0.341 e. The Balaban J connectivity index is 1.66. The molecule has 2 aliphatic rings. The number of nitrogens with zero attached hydrogens (tertiary/aromatic N) is 2. The summed E-state index contributed by atoms with van der Waals surface area (Å²) in [7, 11) is 1.61. The minimum Gasteiger partial charge on any atom is -0.497 e. The fraction of sp³-hybridized carbons (Fsp3) is 0.524. The Labute approximate surface area is 159 Å². The van der Waals surface area contributed by atoms with Gasteiger partial charge in [-0.3, -0.25) is 4.79 Å². The molecular weight excluding hydrogens is 344 g/mol. The van der Waals surface area contributed by atoms with E-state index >= 15 is 0 Å². The summed E-state index contributed by atoms with van der Waals surface area (Å²) in [6.45, 7) is 5.11. The van der Waals surface area contributed by atoms with Crippen LogP contribution in [-0.2, 0) is 9.53 Å². The molecule has 6 nitrogen and oxygen atoms in total. The summed E-state index contributed by atoms with van der Waals surface area (Å²) >= 11 is 0. The molecule has 1 unspecified atom stereocenters. The molecule has 144 valence electrons. The lowest BCUT2D eigenvalue weighted by atomic mass is 10.1. The number of methoxy groups -OCH3 is 1. The number of esters is 1. The van der Waals surface area contributed by atoms with E-state index in [1.165, 1.54) is 0 Å². The maximum atomic E-state index is 13.0. The first-order chi connectivity index (χ1) is 13.0. The van der Waals surface area contributed by atoms with Gasteiger partial charge in [-0.2, -0.15) is 0 Å². The number of fused-ring (bicyclic) bond motifs is 1. The second-order valence-electron chi connectivity index (χ2n) is 7.52. The summed E-state index contributed by atoms with van der Waals surface area (Å²) in [5.41, 5.74) is 2.45. The lowest BCUT2D eigenvalue weighted by molar-refractivity contribution is -0.138. The molecule has 6 heteroatoms. The van der Waals surface area contributed by atoms with Crippen LogP contribution in [0, 0.1) is 6.92 Å². The van der Waals surface area contributed by atoms with Crippen molar-refractivity contribution in [3.63, 3.8) is 0 Å².